The van der Waals surface area contributed by atoms with Gasteiger partial charge in [-0.15, -0.1) is 11.3 Å². The molecule has 0 bridgehead atoms. The highest BCUT2D eigenvalue weighted by Crippen LogP contribution is 2.35. The molecule has 142 valence electrons. The van der Waals surface area contributed by atoms with E-state index in [4.69, 9.17) is 11.6 Å². The predicted octanol–water partition coefficient (Wildman–Crippen LogP) is 4.85. The van der Waals surface area contributed by atoms with Crippen molar-refractivity contribution in [3.63, 3.8) is 0 Å². The molecule has 0 saturated carbocycles. The molecule has 1 amide bonds. The van der Waals surface area contributed by atoms with E-state index < -0.39 is 5.91 Å². The monoisotopic (exact) mass is 411 g/mol. The molecule has 0 fully saturated rings. The molecule has 4 rings (SSSR count). The first kappa shape index (κ1) is 18.7. The number of hydrogen-bond acceptors (Lipinski definition) is 4. The summed E-state index contributed by atoms with van der Waals surface area (Å²) >= 11 is 7.72. The Morgan fingerprint density at radius 1 is 1.14 bits per heavy atom. The van der Waals surface area contributed by atoms with Gasteiger partial charge in [-0.05, 0) is 24.1 Å². The van der Waals surface area contributed by atoms with Gasteiger partial charge < -0.3 is 0 Å². The van der Waals surface area contributed by atoms with Crippen molar-refractivity contribution >= 4 is 49.8 Å². The van der Waals surface area contributed by atoms with Crippen molar-refractivity contribution in [2.45, 2.75) is 20.3 Å². The third-order valence-electron chi connectivity index (χ3n) is 4.39. The maximum absolute atomic E-state index is 13.0. The number of benzene rings is 2. The molecule has 2 aromatic heterocycles. The number of nitrogens with one attached hydrogen (secondary N) is 1. The molecule has 0 aliphatic rings. The average molecular weight is 412 g/mol. The summed E-state index contributed by atoms with van der Waals surface area (Å²) in [5, 5.41) is 1.67. The summed E-state index contributed by atoms with van der Waals surface area (Å²) in [5.74, 6) is 0.365. The van der Waals surface area contributed by atoms with Crippen molar-refractivity contribution in [1.29, 1.82) is 0 Å². The van der Waals surface area contributed by atoms with Crippen molar-refractivity contribution in [3.05, 3.63) is 74.6 Å². The Morgan fingerprint density at radius 3 is 2.54 bits per heavy atom. The Balaban J connectivity index is 1.81. The number of carbonyl (C=O) groups is 1. The predicted molar refractivity (Wildman–Crippen MR) is 115 cm³/mol. The molecule has 1 N–H and O–H groups in total. The summed E-state index contributed by atoms with van der Waals surface area (Å²) < 4.78 is 2.18. The van der Waals surface area contributed by atoms with Crippen molar-refractivity contribution in [2.24, 2.45) is 5.92 Å². The Kier molecular flexibility index (Phi) is 4.91. The normalized spacial score (nSPS) is 11.4. The maximum Gasteiger partial charge on any atom is 0.281 e. The number of thiophene rings is 1. The van der Waals surface area contributed by atoms with Gasteiger partial charge in [0.05, 0.1) is 15.9 Å². The van der Waals surface area contributed by atoms with Gasteiger partial charge in [0, 0.05) is 16.5 Å². The number of aromatic nitrogens is 2. The lowest BCUT2D eigenvalue weighted by molar-refractivity contribution is 0.101. The van der Waals surface area contributed by atoms with Crippen molar-refractivity contribution in [2.75, 3.05) is 5.43 Å². The van der Waals surface area contributed by atoms with E-state index in [0.717, 1.165) is 10.1 Å². The van der Waals surface area contributed by atoms with E-state index in [1.165, 1.54) is 16.0 Å². The zero-order chi connectivity index (χ0) is 19.8. The van der Waals surface area contributed by atoms with Gasteiger partial charge in [-0.1, -0.05) is 55.8 Å². The molecule has 2 aromatic carbocycles. The summed E-state index contributed by atoms with van der Waals surface area (Å²) in [7, 11) is 0. The molecule has 5 nitrogen and oxygen atoms in total. The van der Waals surface area contributed by atoms with Crippen LogP contribution in [0.1, 0.15) is 29.3 Å². The van der Waals surface area contributed by atoms with Crippen LogP contribution in [0.2, 0.25) is 5.02 Å². The number of rotatable bonds is 4. The molecule has 28 heavy (non-hydrogen) atoms. The fraction of sp³-hybridized carbons (Fsp3) is 0.190. The van der Waals surface area contributed by atoms with Crippen LogP contribution in [0, 0.1) is 5.92 Å². The zero-order valence-corrected chi connectivity index (χ0v) is 17.0. The number of para-hydroxylation sites is 1. The van der Waals surface area contributed by atoms with E-state index in [1.807, 2.05) is 44.2 Å². The van der Waals surface area contributed by atoms with Crippen LogP contribution < -0.4 is 11.0 Å². The van der Waals surface area contributed by atoms with E-state index >= 15 is 0 Å². The van der Waals surface area contributed by atoms with E-state index in [-0.39, 0.29) is 11.5 Å². The smallest absolute Gasteiger partial charge is 0.267 e. The molecule has 2 heterocycles. The summed E-state index contributed by atoms with van der Waals surface area (Å²) in [4.78, 5) is 31.0. The minimum atomic E-state index is -0.421. The second kappa shape index (κ2) is 7.37. The van der Waals surface area contributed by atoms with Crippen molar-refractivity contribution in [3.8, 4) is 0 Å². The number of fused-ring (bicyclic) bond motifs is 2. The van der Waals surface area contributed by atoms with Crippen LogP contribution in [0.3, 0.4) is 0 Å². The van der Waals surface area contributed by atoms with Crippen LogP contribution in [-0.2, 0) is 6.42 Å². The van der Waals surface area contributed by atoms with E-state index in [1.54, 1.807) is 18.2 Å². The lowest BCUT2D eigenvalue weighted by Gasteiger charge is -2.15. The van der Waals surface area contributed by atoms with Gasteiger partial charge in [0.1, 0.15) is 10.7 Å². The second-order valence-electron chi connectivity index (χ2n) is 6.97. The van der Waals surface area contributed by atoms with Gasteiger partial charge in [-0.2, -0.15) is 0 Å². The number of amides is 1. The number of nitrogens with zero attached hydrogens (tertiary/aromatic N) is 2. The molecule has 7 heteroatoms. The van der Waals surface area contributed by atoms with Gasteiger partial charge in [0.25, 0.3) is 11.5 Å². The topological polar surface area (TPSA) is 64.0 Å². The van der Waals surface area contributed by atoms with Gasteiger partial charge in [0.2, 0.25) is 0 Å². The minimum absolute atomic E-state index is 0.268. The summed E-state index contributed by atoms with van der Waals surface area (Å²) in [6.07, 6.45) is 0.556. The Labute approximate surface area is 170 Å². The van der Waals surface area contributed by atoms with Crippen LogP contribution >= 0.6 is 22.9 Å². The van der Waals surface area contributed by atoms with Crippen molar-refractivity contribution in [1.82, 2.24) is 9.66 Å². The Morgan fingerprint density at radius 2 is 1.82 bits per heavy atom. The number of hydrogen-bond donors (Lipinski definition) is 1. The molecule has 0 radical (unpaired) electrons. The van der Waals surface area contributed by atoms with E-state index in [9.17, 15) is 9.59 Å². The van der Waals surface area contributed by atoms with Gasteiger partial charge >= 0.3 is 0 Å². The van der Waals surface area contributed by atoms with Gasteiger partial charge in [-0.3, -0.25) is 15.0 Å². The molecular weight excluding hydrogens is 394 g/mol. The van der Waals surface area contributed by atoms with Gasteiger partial charge in [0.15, 0.2) is 0 Å². The molecule has 4 aromatic rings. The second-order valence-corrected chi connectivity index (χ2v) is 8.40. The minimum Gasteiger partial charge on any atom is -0.267 e. The number of carbonyl (C=O) groups excluding carboxylic acids is 1. The average Bonchev–Trinajstić information content (AvgIpc) is 3.01. The molecular formula is C21H18ClN3O2S. The molecule has 0 aliphatic carbocycles. The van der Waals surface area contributed by atoms with E-state index in [2.05, 4.69) is 10.4 Å². The fourth-order valence-electron chi connectivity index (χ4n) is 3.11. The van der Waals surface area contributed by atoms with E-state index in [0.29, 0.717) is 33.0 Å². The lowest BCUT2D eigenvalue weighted by Crippen LogP contribution is -2.36. The lowest BCUT2D eigenvalue weighted by atomic mass is 10.1. The molecule has 0 atom stereocenters. The Hall–Kier alpha value is -2.70. The highest BCUT2D eigenvalue weighted by atomic mass is 35.5. The van der Waals surface area contributed by atoms with Gasteiger partial charge in [-0.25, -0.2) is 9.66 Å². The Bertz CT molecular complexity index is 1260. The molecule has 0 aliphatic heterocycles. The zero-order valence-electron chi connectivity index (χ0n) is 15.4. The fourth-order valence-corrected chi connectivity index (χ4v) is 4.52. The largest absolute Gasteiger partial charge is 0.281 e. The SMILES string of the molecule is CC(C)Cc1nc2ccccc2c(=O)n1NC(=O)c1sc2ccccc2c1Cl. The highest BCUT2D eigenvalue weighted by molar-refractivity contribution is 7.21. The quantitative estimate of drug-likeness (QED) is 0.522. The van der Waals surface area contributed by atoms with Crippen LogP contribution in [-0.4, -0.2) is 15.6 Å². The van der Waals surface area contributed by atoms with Crippen LogP contribution in [0.15, 0.2) is 53.3 Å². The first-order valence-electron chi connectivity index (χ1n) is 8.94. The molecule has 0 saturated heterocycles. The van der Waals surface area contributed by atoms with Crippen LogP contribution in [0.4, 0.5) is 0 Å². The van der Waals surface area contributed by atoms with Crippen LogP contribution in [0.5, 0.6) is 0 Å². The first-order chi connectivity index (χ1) is 13.5. The third-order valence-corrected chi connectivity index (χ3v) is 6.06. The molecule has 0 spiro atoms. The highest BCUT2D eigenvalue weighted by Gasteiger charge is 2.20. The third kappa shape index (κ3) is 3.30. The maximum atomic E-state index is 13.0. The summed E-state index contributed by atoms with van der Waals surface area (Å²) in [6, 6.07) is 14.7. The van der Waals surface area contributed by atoms with Crippen molar-refractivity contribution < 1.29 is 4.79 Å². The standard InChI is InChI=1S/C21H18ClN3O2S/c1-12(2)11-17-23-15-9-5-3-7-13(15)21(27)25(17)24-20(26)19-18(22)14-8-4-6-10-16(14)28-19/h3-10,12H,11H2,1-2H3,(H,24,26). The molecule has 0 unspecified atom stereocenters. The first-order valence-corrected chi connectivity index (χ1v) is 10.1. The van der Waals surface area contributed by atoms with Crippen LogP contribution in [0.25, 0.3) is 21.0 Å². The summed E-state index contributed by atoms with van der Waals surface area (Å²) in [6.45, 7) is 4.08. The summed E-state index contributed by atoms with van der Waals surface area (Å²) in [5.41, 5.74) is 3.04. The number of halogens is 1.